The molecule has 6 nitrogen and oxygen atoms in total. The molecule has 0 heterocycles. The molecule has 0 fully saturated rings. The van der Waals surface area contributed by atoms with Gasteiger partial charge in [-0.3, -0.25) is 4.79 Å². The van der Waals surface area contributed by atoms with Gasteiger partial charge in [0.1, 0.15) is 0 Å². The number of hydrogen-bond acceptors (Lipinski definition) is 5. The van der Waals surface area contributed by atoms with Crippen LogP contribution in [0.2, 0.25) is 0 Å². The predicted molar refractivity (Wildman–Crippen MR) is 101 cm³/mol. The van der Waals surface area contributed by atoms with E-state index in [1.54, 1.807) is 6.07 Å². The van der Waals surface area contributed by atoms with Crippen LogP contribution in [-0.4, -0.2) is 34.3 Å². The van der Waals surface area contributed by atoms with Crippen molar-refractivity contribution < 1.29 is 22.7 Å². The molecular formula is C19H23NO5S. The first-order valence-corrected chi connectivity index (χ1v) is 9.74. The Balaban J connectivity index is 2.08. The van der Waals surface area contributed by atoms with Crippen molar-refractivity contribution in [3.05, 3.63) is 47.5 Å². The summed E-state index contributed by atoms with van der Waals surface area (Å²) in [6.07, 6.45) is -0.135. The summed E-state index contributed by atoms with van der Waals surface area (Å²) in [6.45, 7) is 3.86. The third-order valence-electron chi connectivity index (χ3n) is 4.19. The van der Waals surface area contributed by atoms with Crippen LogP contribution >= 0.6 is 0 Å². The molecule has 26 heavy (non-hydrogen) atoms. The Kier molecular flexibility index (Phi) is 6.26. The lowest BCUT2D eigenvalue weighted by molar-refractivity contribution is -0.115. The Hall–Kier alpha value is -2.54. The quantitative estimate of drug-likeness (QED) is 0.802. The highest BCUT2D eigenvalue weighted by atomic mass is 32.2. The summed E-state index contributed by atoms with van der Waals surface area (Å²) in [5, 5.41) is 2.77. The van der Waals surface area contributed by atoms with E-state index in [0.717, 1.165) is 11.1 Å². The molecule has 0 aliphatic carbocycles. The first-order chi connectivity index (χ1) is 12.3. The highest BCUT2D eigenvalue weighted by molar-refractivity contribution is 7.91. The van der Waals surface area contributed by atoms with Gasteiger partial charge in [0.15, 0.2) is 21.3 Å². The van der Waals surface area contributed by atoms with Gasteiger partial charge in [-0.25, -0.2) is 8.42 Å². The Morgan fingerprint density at radius 1 is 1.04 bits per heavy atom. The van der Waals surface area contributed by atoms with Gasteiger partial charge in [0.05, 0.1) is 24.9 Å². The zero-order valence-electron chi connectivity index (χ0n) is 15.3. The van der Waals surface area contributed by atoms with E-state index in [1.807, 2.05) is 26.0 Å². The van der Waals surface area contributed by atoms with E-state index in [-0.39, 0.29) is 23.0 Å². The molecule has 140 valence electrons. The van der Waals surface area contributed by atoms with E-state index in [4.69, 9.17) is 9.47 Å². The van der Waals surface area contributed by atoms with E-state index in [1.165, 1.54) is 32.4 Å². The monoisotopic (exact) mass is 377 g/mol. The van der Waals surface area contributed by atoms with Gasteiger partial charge in [0, 0.05) is 18.2 Å². The topological polar surface area (TPSA) is 81.7 Å². The summed E-state index contributed by atoms with van der Waals surface area (Å²) in [6, 6.07) is 9.96. The summed E-state index contributed by atoms with van der Waals surface area (Å²) >= 11 is 0. The highest BCUT2D eigenvalue weighted by Gasteiger charge is 2.19. The minimum atomic E-state index is -3.62. The third-order valence-corrected chi connectivity index (χ3v) is 5.90. The minimum Gasteiger partial charge on any atom is -0.493 e. The summed E-state index contributed by atoms with van der Waals surface area (Å²) in [7, 11) is -0.708. The third kappa shape index (κ3) is 4.54. The van der Waals surface area contributed by atoms with Crippen LogP contribution in [-0.2, 0) is 14.6 Å². The van der Waals surface area contributed by atoms with Crippen molar-refractivity contribution in [1.29, 1.82) is 0 Å². The Labute approximate surface area is 154 Å². The molecule has 2 rings (SSSR count). The van der Waals surface area contributed by atoms with Crippen LogP contribution in [0.3, 0.4) is 0 Å². The number of nitrogens with one attached hydrogen (secondary N) is 1. The number of anilines is 1. The van der Waals surface area contributed by atoms with Crippen molar-refractivity contribution in [3.63, 3.8) is 0 Å². The van der Waals surface area contributed by atoms with Crippen molar-refractivity contribution in [2.45, 2.75) is 25.2 Å². The van der Waals surface area contributed by atoms with Crippen LogP contribution in [0.25, 0.3) is 0 Å². The normalized spacial score (nSPS) is 11.1. The largest absolute Gasteiger partial charge is 0.493 e. The second-order valence-electron chi connectivity index (χ2n) is 5.88. The average Bonchev–Trinajstić information content (AvgIpc) is 2.63. The molecule has 0 aromatic heterocycles. The van der Waals surface area contributed by atoms with Gasteiger partial charge < -0.3 is 14.8 Å². The van der Waals surface area contributed by atoms with Gasteiger partial charge in [-0.1, -0.05) is 12.1 Å². The number of rotatable bonds is 7. The standard InChI is InChI=1S/C19H23NO5S/c1-13-6-5-7-16(14(13)2)20-19(21)10-11-26(22,23)15-8-9-17(24-3)18(12-15)25-4/h5-9,12H,10-11H2,1-4H3,(H,20,21). The van der Waals surface area contributed by atoms with Crippen LogP contribution < -0.4 is 14.8 Å². The smallest absolute Gasteiger partial charge is 0.225 e. The zero-order chi connectivity index (χ0) is 19.3. The van der Waals surface area contributed by atoms with Gasteiger partial charge in [-0.2, -0.15) is 0 Å². The van der Waals surface area contributed by atoms with Gasteiger partial charge in [0.2, 0.25) is 5.91 Å². The number of amides is 1. The van der Waals surface area contributed by atoms with Crippen molar-refractivity contribution in [2.24, 2.45) is 0 Å². The first-order valence-electron chi connectivity index (χ1n) is 8.09. The SMILES string of the molecule is COc1ccc(S(=O)(=O)CCC(=O)Nc2cccc(C)c2C)cc1OC. The minimum absolute atomic E-state index is 0.0923. The van der Waals surface area contributed by atoms with Crippen molar-refractivity contribution in [1.82, 2.24) is 0 Å². The average molecular weight is 377 g/mol. The maximum atomic E-state index is 12.5. The maximum Gasteiger partial charge on any atom is 0.225 e. The van der Waals surface area contributed by atoms with E-state index in [0.29, 0.717) is 17.2 Å². The molecule has 0 aliphatic heterocycles. The molecule has 0 radical (unpaired) electrons. The molecule has 0 spiro atoms. The molecule has 2 aromatic carbocycles. The number of carbonyl (C=O) groups excluding carboxylic acids is 1. The van der Waals surface area contributed by atoms with Gasteiger partial charge >= 0.3 is 0 Å². The van der Waals surface area contributed by atoms with Crippen LogP contribution in [0.1, 0.15) is 17.5 Å². The van der Waals surface area contributed by atoms with Crippen LogP contribution in [0.4, 0.5) is 5.69 Å². The number of ether oxygens (including phenoxy) is 2. The summed E-state index contributed by atoms with van der Waals surface area (Å²) in [5.41, 5.74) is 2.71. The van der Waals surface area contributed by atoms with Crippen molar-refractivity contribution in [3.8, 4) is 11.5 Å². The maximum absolute atomic E-state index is 12.5. The number of hydrogen-bond donors (Lipinski definition) is 1. The van der Waals surface area contributed by atoms with Crippen molar-refractivity contribution in [2.75, 3.05) is 25.3 Å². The first kappa shape index (κ1) is 19.8. The molecule has 0 atom stereocenters. The van der Waals surface area contributed by atoms with Gasteiger partial charge in [0.25, 0.3) is 0 Å². The number of sulfone groups is 1. The molecule has 1 N–H and O–H groups in total. The van der Waals surface area contributed by atoms with Crippen molar-refractivity contribution >= 4 is 21.4 Å². The molecule has 0 saturated carbocycles. The lowest BCUT2D eigenvalue weighted by atomic mass is 10.1. The summed E-state index contributed by atoms with van der Waals surface area (Å²) in [5.74, 6) is 0.134. The molecule has 7 heteroatoms. The number of aryl methyl sites for hydroxylation is 1. The van der Waals surface area contributed by atoms with Gasteiger partial charge in [-0.05, 0) is 43.2 Å². The molecule has 1 amide bonds. The van der Waals surface area contributed by atoms with Crippen LogP contribution in [0.15, 0.2) is 41.3 Å². The lowest BCUT2D eigenvalue weighted by Gasteiger charge is -2.11. The van der Waals surface area contributed by atoms with E-state index in [9.17, 15) is 13.2 Å². The fourth-order valence-electron chi connectivity index (χ4n) is 2.45. The molecule has 0 aliphatic rings. The predicted octanol–water partition coefficient (Wildman–Crippen LogP) is 3.12. The fraction of sp³-hybridized carbons (Fsp3) is 0.316. The number of carbonyl (C=O) groups is 1. The van der Waals surface area contributed by atoms with Crippen LogP contribution in [0.5, 0.6) is 11.5 Å². The summed E-state index contributed by atoms with van der Waals surface area (Å²) in [4.78, 5) is 12.2. The highest BCUT2D eigenvalue weighted by Crippen LogP contribution is 2.30. The molecule has 0 saturated heterocycles. The summed E-state index contributed by atoms with van der Waals surface area (Å²) < 4.78 is 35.2. The zero-order valence-corrected chi connectivity index (χ0v) is 16.1. The Morgan fingerprint density at radius 2 is 1.73 bits per heavy atom. The molecular weight excluding hydrogens is 354 g/mol. The molecule has 0 bridgehead atoms. The Morgan fingerprint density at radius 3 is 2.38 bits per heavy atom. The van der Waals surface area contributed by atoms with E-state index < -0.39 is 9.84 Å². The number of benzene rings is 2. The molecule has 0 unspecified atom stereocenters. The van der Waals surface area contributed by atoms with E-state index >= 15 is 0 Å². The lowest BCUT2D eigenvalue weighted by Crippen LogP contribution is -2.18. The Bertz CT molecular complexity index is 906. The second-order valence-corrected chi connectivity index (χ2v) is 7.99. The second kappa shape index (κ2) is 8.23. The van der Waals surface area contributed by atoms with Gasteiger partial charge in [-0.15, -0.1) is 0 Å². The molecule has 2 aromatic rings. The van der Waals surface area contributed by atoms with E-state index in [2.05, 4.69) is 5.32 Å². The van der Waals surface area contributed by atoms with Crippen LogP contribution in [0, 0.1) is 13.8 Å². The fourth-order valence-corrected chi connectivity index (χ4v) is 3.71. The number of methoxy groups -OCH3 is 2.